The number of carboxylic acid groups (broad SMARTS) is 1. The minimum atomic E-state index is -1.06. The van der Waals surface area contributed by atoms with E-state index in [1.165, 1.54) is 18.7 Å². The molecule has 2 unspecified atom stereocenters. The van der Waals surface area contributed by atoms with Crippen molar-refractivity contribution in [2.45, 2.75) is 38.5 Å². The zero-order valence-electron chi connectivity index (χ0n) is 10.9. The third-order valence-corrected chi connectivity index (χ3v) is 3.36. The third-order valence-electron chi connectivity index (χ3n) is 2.17. The fraction of sp³-hybridized carbons (Fsp3) is 0.727. The van der Waals surface area contributed by atoms with Gasteiger partial charge in [0.15, 0.2) is 0 Å². The minimum absolute atomic E-state index is 0.0612. The Bertz CT molecular complexity index is 309. The fourth-order valence-corrected chi connectivity index (χ4v) is 2.22. The van der Waals surface area contributed by atoms with Gasteiger partial charge in [0, 0.05) is 13.5 Å². The molecule has 0 heterocycles. The number of carbonyl (C=O) groups is 3. The number of aliphatic carboxylic acids is 1. The largest absolute Gasteiger partial charge is 0.480 e. The zero-order valence-corrected chi connectivity index (χ0v) is 11.7. The molecular weight excluding hydrogens is 256 g/mol. The summed E-state index contributed by atoms with van der Waals surface area (Å²) in [6.45, 7) is 5.46. The van der Waals surface area contributed by atoms with Crippen LogP contribution in [0.2, 0.25) is 0 Å². The summed E-state index contributed by atoms with van der Waals surface area (Å²) in [5.41, 5.74) is 0. The van der Waals surface area contributed by atoms with Crippen molar-refractivity contribution in [1.82, 2.24) is 10.6 Å². The van der Waals surface area contributed by atoms with Gasteiger partial charge in [-0.3, -0.25) is 9.59 Å². The fourth-order valence-electron chi connectivity index (χ4n) is 1.26. The maximum absolute atomic E-state index is 11.4. The van der Waals surface area contributed by atoms with Gasteiger partial charge in [-0.1, -0.05) is 0 Å². The average molecular weight is 276 g/mol. The molecule has 0 aromatic heterocycles. The molecule has 0 radical (unpaired) electrons. The van der Waals surface area contributed by atoms with E-state index in [0.717, 1.165) is 0 Å². The van der Waals surface area contributed by atoms with Crippen LogP contribution < -0.4 is 10.6 Å². The normalized spacial score (nSPS) is 13.5. The van der Waals surface area contributed by atoms with E-state index in [1.54, 1.807) is 6.92 Å². The summed E-state index contributed by atoms with van der Waals surface area (Å²) in [7, 11) is 0. The molecule has 0 rings (SSSR count). The Hall–Kier alpha value is -1.24. The predicted octanol–water partition coefficient (Wildman–Crippen LogP) is 0.224. The lowest BCUT2D eigenvalue weighted by Crippen LogP contribution is -2.40. The van der Waals surface area contributed by atoms with E-state index < -0.39 is 12.0 Å². The molecule has 0 spiro atoms. The Morgan fingerprint density at radius 1 is 1.33 bits per heavy atom. The Kier molecular flexibility index (Phi) is 8.19. The van der Waals surface area contributed by atoms with Gasteiger partial charge >= 0.3 is 5.97 Å². The Morgan fingerprint density at radius 3 is 2.39 bits per heavy atom. The molecule has 2 amide bonds. The van der Waals surface area contributed by atoms with E-state index in [1.807, 2.05) is 6.92 Å². The number of hydrogen-bond acceptors (Lipinski definition) is 4. The van der Waals surface area contributed by atoms with Gasteiger partial charge < -0.3 is 15.7 Å². The van der Waals surface area contributed by atoms with Gasteiger partial charge in [-0.25, -0.2) is 4.79 Å². The lowest BCUT2D eigenvalue weighted by Gasteiger charge is -2.15. The van der Waals surface area contributed by atoms with Crippen LogP contribution in [0.5, 0.6) is 0 Å². The maximum Gasteiger partial charge on any atom is 0.326 e. The van der Waals surface area contributed by atoms with Crippen molar-refractivity contribution in [2.75, 3.05) is 12.3 Å². The number of rotatable bonds is 8. The average Bonchev–Trinajstić information content (AvgIpc) is 2.27. The first-order valence-corrected chi connectivity index (χ1v) is 6.82. The summed E-state index contributed by atoms with van der Waals surface area (Å²) >= 11 is 1.37. The SMILES string of the molecule is CCNC(=O)C(C)SCCC(NC(C)=O)C(=O)O. The van der Waals surface area contributed by atoms with Gasteiger partial charge in [0.2, 0.25) is 11.8 Å². The molecule has 7 heteroatoms. The molecule has 18 heavy (non-hydrogen) atoms. The third kappa shape index (κ3) is 7.16. The number of amides is 2. The van der Waals surface area contributed by atoms with Crippen molar-refractivity contribution in [1.29, 1.82) is 0 Å². The van der Waals surface area contributed by atoms with Crippen molar-refractivity contribution in [2.24, 2.45) is 0 Å². The van der Waals surface area contributed by atoms with Crippen LogP contribution in [0.25, 0.3) is 0 Å². The molecule has 0 fully saturated rings. The van der Waals surface area contributed by atoms with Crippen LogP contribution in [-0.4, -0.2) is 46.5 Å². The Balaban J connectivity index is 4.02. The van der Waals surface area contributed by atoms with Gasteiger partial charge in [0.05, 0.1) is 5.25 Å². The molecule has 0 aliphatic heterocycles. The van der Waals surface area contributed by atoms with Crippen molar-refractivity contribution in [3.63, 3.8) is 0 Å². The summed E-state index contributed by atoms with van der Waals surface area (Å²) in [6.07, 6.45) is 0.295. The Labute approximate surface area is 111 Å². The zero-order chi connectivity index (χ0) is 14.1. The molecule has 0 saturated carbocycles. The summed E-state index contributed by atoms with van der Waals surface area (Å²) in [4.78, 5) is 33.1. The van der Waals surface area contributed by atoms with E-state index in [9.17, 15) is 14.4 Å². The molecule has 0 aromatic rings. The lowest BCUT2D eigenvalue weighted by molar-refractivity contribution is -0.141. The standard InChI is InChI=1S/C11H20N2O4S/c1-4-12-10(15)7(2)18-6-5-9(11(16)17)13-8(3)14/h7,9H,4-6H2,1-3H3,(H,12,15)(H,13,14)(H,16,17). The highest BCUT2D eigenvalue weighted by molar-refractivity contribution is 8.00. The van der Waals surface area contributed by atoms with Gasteiger partial charge in [-0.2, -0.15) is 0 Å². The van der Waals surface area contributed by atoms with Crippen LogP contribution in [0.15, 0.2) is 0 Å². The molecule has 104 valence electrons. The molecule has 0 bridgehead atoms. The molecule has 0 aliphatic rings. The lowest BCUT2D eigenvalue weighted by atomic mass is 10.2. The van der Waals surface area contributed by atoms with E-state index in [-0.39, 0.29) is 17.1 Å². The van der Waals surface area contributed by atoms with Gasteiger partial charge in [0.1, 0.15) is 6.04 Å². The van der Waals surface area contributed by atoms with Crippen LogP contribution in [0.4, 0.5) is 0 Å². The number of thioether (sulfide) groups is 1. The number of nitrogens with one attached hydrogen (secondary N) is 2. The summed E-state index contributed by atoms with van der Waals surface area (Å²) in [5.74, 6) is -0.996. The molecule has 2 atom stereocenters. The summed E-state index contributed by atoms with van der Waals surface area (Å²) < 4.78 is 0. The second-order valence-electron chi connectivity index (χ2n) is 3.79. The van der Waals surface area contributed by atoms with Crippen LogP contribution in [0.1, 0.15) is 27.2 Å². The van der Waals surface area contributed by atoms with Gasteiger partial charge in [0.25, 0.3) is 0 Å². The molecule has 3 N–H and O–H groups in total. The second kappa shape index (κ2) is 8.79. The molecule has 0 aromatic carbocycles. The highest BCUT2D eigenvalue weighted by Crippen LogP contribution is 2.13. The van der Waals surface area contributed by atoms with Crippen molar-refractivity contribution in [3.05, 3.63) is 0 Å². The van der Waals surface area contributed by atoms with Gasteiger partial charge in [-0.05, 0) is 26.0 Å². The second-order valence-corrected chi connectivity index (χ2v) is 5.24. The molecule has 0 aliphatic carbocycles. The van der Waals surface area contributed by atoms with Crippen molar-refractivity contribution in [3.8, 4) is 0 Å². The van der Waals surface area contributed by atoms with E-state index in [0.29, 0.717) is 18.7 Å². The minimum Gasteiger partial charge on any atom is -0.480 e. The monoisotopic (exact) mass is 276 g/mol. The van der Waals surface area contributed by atoms with Crippen molar-refractivity contribution >= 4 is 29.5 Å². The summed E-state index contributed by atoms with van der Waals surface area (Å²) in [5, 5.41) is 13.7. The smallest absolute Gasteiger partial charge is 0.326 e. The van der Waals surface area contributed by atoms with E-state index >= 15 is 0 Å². The quantitative estimate of drug-likeness (QED) is 0.589. The van der Waals surface area contributed by atoms with Crippen LogP contribution >= 0.6 is 11.8 Å². The number of hydrogen-bond donors (Lipinski definition) is 3. The Morgan fingerprint density at radius 2 is 1.94 bits per heavy atom. The van der Waals surface area contributed by atoms with Crippen LogP contribution in [-0.2, 0) is 14.4 Å². The number of carbonyl (C=O) groups excluding carboxylic acids is 2. The maximum atomic E-state index is 11.4. The van der Waals surface area contributed by atoms with E-state index in [4.69, 9.17) is 5.11 Å². The van der Waals surface area contributed by atoms with Crippen LogP contribution in [0, 0.1) is 0 Å². The molecule has 0 saturated heterocycles. The van der Waals surface area contributed by atoms with Gasteiger partial charge in [-0.15, -0.1) is 11.8 Å². The topological polar surface area (TPSA) is 95.5 Å². The predicted molar refractivity (Wildman–Crippen MR) is 70.5 cm³/mol. The first kappa shape index (κ1) is 16.8. The highest BCUT2D eigenvalue weighted by Gasteiger charge is 2.19. The van der Waals surface area contributed by atoms with Crippen LogP contribution in [0.3, 0.4) is 0 Å². The first-order chi connectivity index (χ1) is 8.38. The van der Waals surface area contributed by atoms with Crippen molar-refractivity contribution < 1.29 is 19.5 Å². The molecule has 6 nitrogen and oxygen atoms in total. The van der Waals surface area contributed by atoms with E-state index in [2.05, 4.69) is 10.6 Å². The first-order valence-electron chi connectivity index (χ1n) is 5.77. The summed E-state index contributed by atoms with van der Waals surface area (Å²) in [6, 6.07) is -0.892. The highest BCUT2D eigenvalue weighted by atomic mass is 32.2. The number of carboxylic acids is 1. The molecular formula is C11H20N2O4S.